The second-order valence-electron chi connectivity index (χ2n) is 5.13. The Hall–Kier alpha value is -2.12. The number of hydrazine groups is 1. The number of amides is 1. The summed E-state index contributed by atoms with van der Waals surface area (Å²) in [6.07, 6.45) is 8.14. The minimum absolute atomic E-state index is 0.338. The number of aromatic nitrogens is 2. The maximum absolute atomic E-state index is 11.8. The number of nitrogens with one attached hydrogen (secondary N) is 3. The molecule has 0 aliphatic rings. The minimum atomic E-state index is -0.338. The van der Waals surface area contributed by atoms with E-state index in [1.54, 1.807) is 10.5 Å². The summed E-state index contributed by atoms with van der Waals surface area (Å²) >= 11 is 11.2. The van der Waals surface area contributed by atoms with Gasteiger partial charge in [-0.3, -0.25) is 20.0 Å². The van der Waals surface area contributed by atoms with Crippen molar-refractivity contribution in [2.45, 2.75) is 26.2 Å². The molecule has 1 amide bonds. The van der Waals surface area contributed by atoms with E-state index in [0.717, 1.165) is 31.5 Å². The van der Waals surface area contributed by atoms with E-state index in [2.05, 4.69) is 28.1 Å². The second-order valence-corrected chi connectivity index (χ2v) is 5.89. The largest absolute Gasteiger partial charge is 0.361 e. The highest BCUT2D eigenvalue weighted by atomic mass is 35.5. The van der Waals surface area contributed by atoms with Crippen LogP contribution in [0, 0.1) is 0 Å². The Morgan fingerprint density at radius 1 is 1.38 bits per heavy atom. The van der Waals surface area contributed by atoms with Crippen LogP contribution in [0.1, 0.15) is 31.9 Å². The smallest absolute Gasteiger partial charge is 0.262 e. The Kier molecular flexibility index (Phi) is 7.02. The fraction of sp³-hybridized carbons (Fsp3) is 0.312. The first-order valence-corrected chi connectivity index (χ1v) is 8.55. The Balaban J connectivity index is 1.84. The maximum atomic E-state index is 11.8. The molecule has 128 valence electrons. The van der Waals surface area contributed by atoms with Crippen molar-refractivity contribution < 1.29 is 4.79 Å². The van der Waals surface area contributed by atoms with Crippen LogP contribution in [0.4, 0.5) is 0 Å². The van der Waals surface area contributed by atoms with Crippen molar-refractivity contribution in [2.75, 3.05) is 6.54 Å². The molecule has 0 aromatic carbocycles. The molecule has 2 heterocycles. The molecule has 2 aromatic heterocycles. The number of halogens is 1. The number of thiocarbonyl (C=S) groups is 1. The Bertz CT molecular complexity index is 743. The van der Waals surface area contributed by atoms with Crippen molar-refractivity contribution in [2.24, 2.45) is 0 Å². The lowest BCUT2D eigenvalue weighted by atomic mass is 10.2. The summed E-state index contributed by atoms with van der Waals surface area (Å²) in [5.41, 5.74) is 6.52. The summed E-state index contributed by atoms with van der Waals surface area (Å²) in [5.74, 6) is -0.338. The SMILES string of the molecule is CCCCCNC(=S)NNC(=O)/C=C/c1c(Cl)nc2ccccn12. The van der Waals surface area contributed by atoms with E-state index in [-0.39, 0.29) is 5.91 Å². The average molecular weight is 366 g/mol. The van der Waals surface area contributed by atoms with Crippen LogP contribution in [0.2, 0.25) is 5.15 Å². The second kappa shape index (κ2) is 9.24. The van der Waals surface area contributed by atoms with Gasteiger partial charge in [-0.05, 0) is 36.8 Å². The fourth-order valence-electron chi connectivity index (χ4n) is 2.07. The van der Waals surface area contributed by atoms with Crippen molar-refractivity contribution in [1.29, 1.82) is 0 Å². The number of hydrogen-bond donors (Lipinski definition) is 3. The van der Waals surface area contributed by atoms with Gasteiger partial charge in [0.15, 0.2) is 10.3 Å². The van der Waals surface area contributed by atoms with Crippen LogP contribution >= 0.6 is 23.8 Å². The molecular formula is C16H20ClN5OS. The number of carbonyl (C=O) groups is 1. The van der Waals surface area contributed by atoms with Gasteiger partial charge in [-0.25, -0.2) is 4.98 Å². The number of unbranched alkanes of at least 4 members (excludes halogenated alkanes) is 2. The Labute approximate surface area is 151 Å². The third kappa shape index (κ3) is 5.21. The van der Waals surface area contributed by atoms with Crippen LogP contribution in [0.15, 0.2) is 30.5 Å². The number of rotatable bonds is 6. The van der Waals surface area contributed by atoms with Crippen LogP contribution in [0.25, 0.3) is 11.7 Å². The number of nitrogens with zero attached hydrogens (tertiary/aromatic N) is 2. The van der Waals surface area contributed by atoms with Gasteiger partial charge in [0.05, 0.1) is 5.69 Å². The molecule has 0 aliphatic heterocycles. The van der Waals surface area contributed by atoms with E-state index in [0.29, 0.717) is 16.0 Å². The van der Waals surface area contributed by atoms with Crippen LogP contribution in [-0.4, -0.2) is 26.9 Å². The topological polar surface area (TPSA) is 70.5 Å². The highest BCUT2D eigenvalue weighted by Crippen LogP contribution is 2.18. The molecule has 2 rings (SSSR count). The van der Waals surface area contributed by atoms with Crippen molar-refractivity contribution in [3.8, 4) is 0 Å². The van der Waals surface area contributed by atoms with Gasteiger partial charge in [-0.2, -0.15) is 0 Å². The van der Waals surface area contributed by atoms with Crippen molar-refractivity contribution in [3.05, 3.63) is 41.3 Å². The lowest BCUT2D eigenvalue weighted by Crippen LogP contribution is -2.46. The van der Waals surface area contributed by atoms with E-state index < -0.39 is 0 Å². The number of imidazole rings is 1. The van der Waals surface area contributed by atoms with Gasteiger partial charge in [0.2, 0.25) is 0 Å². The molecule has 0 radical (unpaired) electrons. The van der Waals surface area contributed by atoms with E-state index >= 15 is 0 Å². The molecule has 0 unspecified atom stereocenters. The predicted octanol–water partition coefficient (Wildman–Crippen LogP) is 2.69. The van der Waals surface area contributed by atoms with E-state index in [1.807, 2.05) is 24.4 Å². The van der Waals surface area contributed by atoms with E-state index in [9.17, 15) is 4.79 Å². The van der Waals surface area contributed by atoms with Crippen molar-refractivity contribution >= 4 is 46.6 Å². The summed E-state index contributed by atoms with van der Waals surface area (Å²) in [7, 11) is 0. The zero-order valence-electron chi connectivity index (χ0n) is 13.4. The van der Waals surface area contributed by atoms with Gasteiger partial charge in [0.25, 0.3) is 5.91 Å². The number of fused-ring (bicyclic) bond motifs is 1. The summed E-state index contributed by atoms with van der Waals surface area (Å²) in [5, 5.41) is 3.75. The molecule has 2 aromatic rings. The minimum Gasteiger partial charge on any atom is -0.361 e. The molecule has 24 heavy (non-hydrogen) atoms. The molecule has 0 saturated heterocycles. The standard InChI is InChI=1S/C16H20ClN5OS/c1-2-3-5-10-18-16(24)21-20-14(23)9-8-12-15(17)19-13-7-4-6-11-22(12)13/h4,6-9,11H,2-3,5,10H2,1H3,(H,20,23)(H2,18,21,24)/b9-8+. The fourth-order valence-corrected chi connectivity index (χ4v) is 2.46. The molecule has 0 saturated carbocycles. The zero-order valence-corrected chi connectivity index (χ0v) is 15.0. The first-order valence-electron chi connectivity index (χ1n) is 7.76. The predicted molar refractivity (Wildman–Crippen MR) is 101 cm³/mol. The number of pyridine rings is 1. The average Bonchev–Trinajstić information content (AvgIpc) is 2.90. The summed E-state index contributed by atoms with van der Waals surface area (Å²) in [6.45, 7) is 2.92. The molecule has 0 atom stereocenters. The molecule has 8 heteroatoms. The lowest BCUT2D eigenvalue weighted by molar-refractivity contribution is -0.116. The van der Waals surface area contributed by atoms with Gasteiger partial charge in [0.1, 0.15) is 5.65 Å². The molecule has 6 nitrogen and oxygen atoms in total. The van der Waals surface area contributed by atoms with Gasteiger partial charge in [-0.1, -0.05) is 37.4 Å². The monoisotopic (exact) mass is 365 g/mol. The maximum Gasteiger partial charge on any atom is 0.262 e. The van der Waals surface area contributed by atoms with Gasteiger partial charge in [-0.15, -0.1) is 0 Å². The number of hydrogen-bond acceptors (Lipinski definition) is 3. The first-order chi connectivity index (χ1) is 11.6. The molecule has 3 N–H and O–H groups in total. The highest BCUT2D eigenvalue weighted by Gasteiger charge is 2.07. The van der Waals surface area contributed by atoms with E-state index in [4.69, 9.17) is 23.8 Å². The summed E-state index contributed by atoms with van der Waals surface area (Å²) < 4.78 is 1.81. The van der Waals surface area contributed by atoms with Crippen molar-refractivity contribution in [1.82, 2.24) is 25.6 Å². The van der Waals surface area contributed by atoms with Crippen LogP contribution in [0.3, 0.4) is 0 Å². The van der Waals surface area contributed by atoms with Crippen LogP contribution < -0.4 is 16.2 Å². The Morgan fingerprint density at radius 2 is 2.21 bits per heavy atom. The number of carbonyl (C=O) groups excluding carboxylic acids is 1. The third-order valence-corrected chi connectivity index (χ3v) is 3.80. The molecule has 0 spiro atoms. The molecule has 0 aliphatic carbocycles. The van der Waals surface area contributed by atoms with Crippen LogP contribution in [-0.2, 0) is 4.79 Å². The van der Waals surface area contributed by atoms with E-state index in [1.165, 1.54) is 6.08 Å². The zero-order chi connectivity index (χ0) is 17.4. The third-order valence-electron chi connectivity index (χ3n) is 3.28. The molecular weight excluding hydrogens is 346 g/mol. The van der Waals surface area contributed by atoms with Gasteiger partial charge in [0, 0.05) is 18.8 Å². The lowest BCUT2D eigenvalue weighted by Gasteiger charge is -2.09. The molecule has 0 fully saturated rings. The quantitative estimate of drug-likeness (QED) is 0.318. The first kappa shape index (κ1) is 18.2. The highest BCUT2D eigenvalue weighted by molar-refractivity contribution is 7.80. The van der Waals surface area contributed by atoms with Gasteiger partial charge >= 0.3 is 0 Å². The van der Waals surface area contributed by atoms with Crippen molar-refractivity contribution in [3.63, 3.8) is 0 Å². The molecule has 0 bridgehead atoms. The summed E-state index contributed by atoms with van der Waals surface area (Å²) in [6, 6.07) is 5.58. The Morgan fingerprint density at radius 3 is 3.00 bits per heavy atom. The van der Waals surface area contributed by atoms with Crippen LogP contribution in [0.5, 0.6) is 0 Å². The normalized spacial score (nSPS) is 10.9. The van der Waals surface area contributed by atoms with Gasteiger partial charge < -0.3 is 5.32 Å². The summed E-state index contributed by atoms with van der Waals surface area (Å²) in [4.78, 5) is 16.1.